The van der Waals surface area contributed by atoms with E-state index >= 15 is 0 Å². The van der Waals surface area contributed by atoms with Crippen LogP contribution in [0.2, 0.25) is 0 Å². The molecule has 1 N–H and O–H groups in total. The third-order valence-corrected chi connectivity index (χ3v) is 1.52. The van der Waals surface area contributed by atoms with Crippen LogP contribution in [0.4, 0.5) is 0 Å². The first-order chi connectivity index (χ1) is 4.88. The van der Waals surface area contributed by atoms with Crippen molar-refractivity contribution in [2.45, 2.75) is 13.1 Å². The van der Waals surface area contributed by atoms with Gasteiger partial charge in [-0.2, -0.15) is 0 Å². The van der Waals surface area contributed by atoms with Crippen LogP contribution in [0, 0.1) is 0 Å². The molecule has 0 fully saturated rings. The predicted octanol–water partition coefficient (Wildman–Crippen LogP) is 0.107. The van der Waals surface area contributed by atoms with Gasteiger partial charge in [0.15, 0.2) is 0 Å². The van der Waals surface area contributed by atoms with Gasteiger partial charge < -0.3 is 0 Å². The van der Waals surface area contributed by atoms with Crippen molar-refractivity contribution in [3.8, 4) is 0 Å². The Morgan fingerprint density at radius 3 is 3.40 bits per heavy atom. The summed E-state index contributed by atoms with van der Waals surface area (Å²) in [6.45, 7) is 2.03. The Morgan fingerprint density at radius 1 is 1.70 bits per heavy atom. The summed E-state index contributed by atoms with van der Waals surface area (Å²) in [5.74, 6) is 0.745. The molecule has 1 unspecified atom stereocenters. The molecular weight excluding hydrogens is 128 g/mol. The van der Waals surface area contributed by atoms with E-state index in [9.17, 15) is 0 Å². The van der Waals surface area contributed by atoms with E-state index in [1.54, 1.807) is 6.21 Å². The minimum absolute atomic E-state index is 0.240. The molecule has 4 nitrogen and oxygen atoms in total. The quantitative estimate of drug-likeness (QED) is 0.513. The molecule has 2 rings (SSSR count). The maximum atomic E-state index is 4.04. The Labute approximate surface area is 58.9 Å². The molecule has 0 radical (unpaired) electrons. The van der Waals surface area contributed by atoms with Crippen molar-refractivity contribution in [1.29, 1.82) is 0 Å². The lowest BCUT2D eigenvalue weighted by molar-refractivity contribution is 0.406. The second-order valence-corrected chi connectivity index (χ2v) is 2.24. The Hall–Kier alpha value is -1.32. The van der Waals surface area contributed by atoms with Crippen LogP contribution in [0.5, 0.6) is 0 Å². The standard InChI is InChI=1S/C6H8N4/c1-5-8-9-6-7-3-2-4-10(5)6/h2-5,8H,1H3. The van der Waals surface area contributed by atoms with Gasteiger partial charge in [-0.1, -0.05) is 0 Å². The lowest BCUT2D eigenvalue weighted by atomic mass is 10.4. The summed E-state index contributed by atoms with van der Waals surface area (Å²) in [5.41, 5.74) is 2.91. The summed E-state index contributed by atoms with van der Waals surface area (Å²) in [7, 11) is 0. The van der Waals surface area contributed by atoms with Crippen LogP contribution in [0.3, 0.4) is 0 Å². The topological polar surface area (TPSA) is 40.0 Å². The van der Waals surface area contributed by atoms with Crippen molar-refractivity contribution < 1.29 is 0 Å². The van der Waals surface area contributed by atoms with E-state index in [-0.39, 0.29) is 6.17 Å². The molecule has 0 aromatic rings. The molecule has 52 valence electrons. The van der Waals surface area contributed by atoms with Crippen molar-refractivity contribution in [1.82, 2.24) is 10.3 Å². The molecule has 4 heteroatoms. The second kappa shape index (κ2) is 1.83. The first kappa shape index (κ1) is 5.46. The number of allylic oxidation sites excluding steroid dienone is 1. The Morgan fingerprint density at radius 2 is 2.60 bits per heavy atom. The van der Waals surface area contributed by atoms with Gasteiger partial charge in [-0.25, -0.2) is 4.99 Å². The molecule has 10 heavy (non-hydrogen) atoms. The van der Waals surface area contributed by atoms with Gasteiger partial charge in [0.25, 0.3) is 0 Å². The summed E-state index contributed by atoms with van der Waals surface area (Å²) in [5, 5.41) is 3.98. The molecule has 2 aliphatic heterocycles. The normalized spacial score (nSPS) is 27.9. The molecule has 0 amide bonds. The molecule has 0 saturated carbocycles. The van der Waals surface area contributed by atoms with E-state index in [2.05, 4.69) is 15.5 Å². The number of aliphatic imine (C=N–C) groups is 1. The van der Waals surface area contributed by atoms with E-state index in [1.165, 1.54) is 0 Å². The minimum Gasteiger partial charge on any atom is -0.294 e. The van der Waals surface area contributed by atoms with Crippen LogP contribution < -0.4 is 5.43 Å². The molecule has 2 aliphatic rings. The molecule has 0 bridgehead atoms. The van der Waals surface area contributed by atoms with Crippen molar-refractivity contribution in [3.63, 3.8) is 0 Å². The number of hydrogen-bond donors (Lipinski definition) is 1. The first-order valence-electron chi connectivity index (χ1n) is 3.20. The van der Waals surface area contributed by atoms with Crippen LogP contribution in [-0.4, -0.2) is 23.2 Å². The van der Waals surface area contributed by atoms with Crippen molar-refractivity contribution in [2.24, 2.45) is 10.1 Å². The molecule has 0 aromatic heterocycles. The van der Waals surface area contributed by atoms with Crippen LogP contribution in [0.15, 0.2) is 22.4 Å². The summed E-state index contributed by atoms with van der Waals surface area (Å²) >= 11 is 0. The molecule has 0 aliphatic carbocycles. The summed E-state index contributed by atoms with van der Waals surface area (Å²) in [6, 6.07) is 0. The van der Waals surface area contributed by atoms with Gasteiger partial charge in [0.05, 0.1) is 0 Å². The third kappa shape index (κ3) is 0.618. The highest BCUT2D eigenvalue weighted by atomic mass is 15.5. The Bertz CT molecular complexity index is 228. The number of nitrogens with zero attached hydrogens (tertiary/aromatic N) is 3. The number of fused-ring (bicyclic) bond motifs is 1. The molecule has 0 saturated heterocycles. The highest BCUT2D eigenvalue weighted by Gasteiger charge is 2.21. The van der Waals surface area contributed by atoms with E-state index in [0.717, 1.165) is 5.96 Å². The number of nitrogens with one attached hydrogen (secondary N) is 1. The van der Waals surface area contributed by atoms with Crippen LogP contribution in [-0.2, 0) is 0 Å². The molecule has 1 atom stereocenters. The van der Waals surface area contributed by atoms with Gasteiger partial charge in [0.1, 0.15) is 6.17 Å². The van der Waals surface area contributed by atoms with Gasteiger partial charge in [0.2, 0.25) is 5.96 Å². The van der Waals surface area contributed by atoms with Crippen LogP contribution in [0.1, 0.15) is 6.92 Å². The zero-order chi connectivity index (χ0) is 6.97. The number of guanidine groups is 1. The van der Waals surface area contributed by atoms with Gasteiger partial charge in [-0.3, -0.25) is 10.3 Å². The summed E-state index contributed by atoms with van der Waals surface area (Å²) < 4.78 is 0. The van der Waals surface area contributed by atoms with Gasteiger partial charge in [0, 0.05) is 12.4 Å². The maximum Gasteiger partial charge on any atom is 0.248 e. The first-order valence-corrected chi connectivity index (χ1v) is 3.20. The number of rotatable bonds is 0. The Balaban J connectivity index is 2.30. The fourth-order valence-corrected chi connectivity index (χ4v) is 0.977. The average Bonchev–Trinajstić information content (AvgIpc) is 2.34. The lowest BCUT2D eigenvalue weighted by Crippen LogP contribution is -2.33. The average molecular weight is 136 g/mol. The van der Waals surface area contributed by atoms with Crippen molar-refractivity contribution in [2.75, 3.05) is 0 Å². The largest absolute Gasteiger partial charge is 0.294 e. The van der Waals surface area contributed by atoms with Gasteiger partial charge >= 0.3 is 0 Å². The molecule has 2 heterocycles. The summed E-state index contributed by atoms with van der Waals surface area (Å²) in [6.07, 6.45) is 5.82. The summed E-state index contributed by atoms with van der Waals surface area (Å²) in [4.78, 5) is 6.02. The maximum absolute atomic E-state index is 4.04. The number of hydrogen-bond acceptors (Lipinski definition) is 4. The smallest absolute Gasteiger partial charge is 0.248 e. The minimum atomic E-state index is 0.240. The zero-order valence-corrected chi connectivity index (χ0v) is 5.65. The van der Waals surface area contributed by atoms with E-state index in [0.29, 0.717) is 0 Å². The molecule has 0 spiro atoms. The Kier molecular flexibility index (Phi) is 1.00. The predicted molar refractivity (Wildman–Crippen MR) is 39.5 cm³/mol. The zero-order valence-electron chi connectivity index (χ0n) is 5.65. The van der Waals surface area contributed by atoms with Crippen molar-refractivity contribution in [3.05, 3.63) is 12.3 Å². The van der Waals surface area contributed by atoms with Crippen LogP contribution in [0.25, 0.3) is 0 Å². The molecular formula is C6H8N4. The fraction of sp³-hybridized carbons (Fsp3) is 0.333. The fourth-order valence-electron chi connectivity index (χ4n) is 0.977. The SMILES string of the molecule is CC1NN=C2N=CC=CN21. The van der Waals surface area contributed by atoms with E-state index < -0.39 is 0 Å². The van der Waals surface area contributed by atoms with Gasteiger partial charge in [-0.05, 0) is 13.0 Å². The van der Waals surface area contributed by atoms with Crippen molar-refractivity contribution >= 4 is 12.2 Å². The third-order valence-electron chi connectivity index (χ3n) is 1.52. The highest BCUT2D eigenvalue weighted by molar-refractivity contribution is 5.94. The van der Waals surface area contributed by atoms with Gasteiger partial charge in [-0.15, -0.1) is 5.10 Å². The lowest BCUT2D eigenvalue weighted by Gasteiger charge is -2.18. The van der Waals surface area contributed by atoms with E-state index in [4.69, 9.17) is 0 Å². The molecule has 0 aromatic carbocycles. The number of hydrazone groups is 1. The van der Waals surface area contributed by atoms with E-state index in [1.807, 2.05) is 24.1 Å². The monoisotopic (exact) mass is 136 g/mol. The van der Waals surface area contributed by atoms with Crippen LogP contribution >= 0.6 is 0 Å². The second-order valence-electron chi connectivity index (χ2n) is 2.24. The highest BCUT2D eigenvalue weighted by Crippen LogP contribution is 2.08.